The van der Waals surface area contributed by atoms with Crippen molar-refractivity contribution in [1.29, 1.82) is 0 Å². The van der Waals surface area contributed by atoms with Crippen LogP contribution < -0.4 is 5.32 Å². The number of amides is 1. The first-order chi connectivity index (χ1) is 10.2. The zero-order valence-corrected chi connectivity index (χ0v) is 13.7. The van der Waals surface area contributed by atoms with Crippen molar-refractivity contribution in [2.75, 3.05) is 5.75 Å². The number of carbonyl (C=O) groups is 2. The van der Waals surface area contributed by atoms with E-state index in [1.165, 1.54) is 12.1 Å². The average molecular weight is 327 g/mol. The minimum atomic E-state index is -3.33. The van der Waals surface area contributed by atoms with E-state index in [2.05, 4.69) is 5.32 Å². The summed E-state index contributed by atoms with van der Waals surface area (Å²) in [5.41, 5.74) is 0.528. The third-order valence-electron chi connectivity index (χ3n) is 3.25. The zero-order chi connectivity index (χ0) is 16.9. The van der Waals surface area contributed by atoms with Crippen LogP contribution in [0.15, 0.2) is 29.2 Å². The molecule has 1 atom stereocenters. The van der Waals surface area contributed by atoms with E-state index in [9.17, 15) is 18.0 Å². The Hall–Kier alpha value is -1.89. The van der Waals surface area contributed by atoms with Crippen molar-refractivity contribution in [1.82, 2.24) is 5.32 Å². The number of benzene rings is 1. The first-order valence-corrected chi connectivity index (χ1v) is 8.66. The molecule has 2 N–H and O–H groups in total. The maximum atomic E-state index is 11.9. The van der Waals surface area contributed by atoms with Crippen LogP contribution >= 0.6 is 0 Å². The van der Waals surface area contributed by atoms with Crippen LogP contribution in [0.1, 0.15) is 26.3 Å². The van der Waals surface area contributed by atoms with Gasteiger partial charge >= 0.3 is 5.97 Å². The molecule has 0 spiro atoms. The van der Waals surface area contributed by atoms with Gasteiger partial charge < -0.3 is 10.4 Å². The van der Waals surface area contributed by atoms with E-state index in [0.29, 0.717) is 5.56 Å². The van der Waals surface area contributed by atoms with Crippen LogP contribution in [-0.4, -0.2) is 37.2 Å². The minimum absolute atomic E-state index is 0.0168. The van der Waals surface area contributed by atoms with Crippen LogP contribution in [0.3, 0.4) is 0 Å². The van der Waals surface area contributed by atoms with Gasteiger partial charge in [-0.1, -0.05) is 32.9 Å². The standard InChI is InChI=1S/C15H21NO5S/c1-4-22(20,21)12-7-5-6-11(8-12)9-13(17)16-14(10(2)3)15(18)19/h5-8,10,14H,4,9H2,1-3H3,(H,16,17)(H,18,19)/t14-/m1/s1. The first-order valence-electron chi connectivity index (χ1n) is 7.01. The minimum Gasteiger partial charge on any atom is -0.480 e. The second kappa shape index (κ2) is 7.40. The van der Waals surface area contributed by atoms with Gasteiger partial charge in [0.05, 0.1) is 17.1 Å². The fourth-order valence-electron chi connectivity index (χ4n) is 1.94. The molecule has 0 aliphatic rings. The van der Waals surface area contributed by atoms with Gasteiger partial charge in [-0.3, -0.25) is 4.79 Å². The number of sulfone groups is 1. The summed E-state index contributed by atoms with van der Waals surface area (Å²) in [6.07, 6.45) is -0.0659. The Labute approximate surface area is 130 Å². The Morgan fingerprint density at radius 3 is 2.41 bits per heavy atom. The zero-order valence-electron chi connectivity index (χ0n) is 12.9. The van der Waals surface area contributed by atoms with E-state index in [1.54, 1.807) is 32.9 Å². The van der Waals surface area contributed by atoms with Crippen molar-refractivity contribution in [2.45, 2.75) is 38.1 Å². The molecule has 0 aliphatic heterocycles. The first kappa shape index (κ1) is 18.2. The fraction of sp³-hybridized carbons (Fsp3) is 0.467. The van der Waals surface area contributed by atoms with Crippen LogP contribution in [-0.2, 0) is 25.8 Å². The Kier molecular flexibility index (Phi) is 6.11. The molecule has 0 aromatic heterocycles. The summed E-state index contributed by atoms with van der Waals surface area (Å²) in [6, 6.07) is 5.18. The predicted octanol–water partition coefficient (Wildman–Crippen LogP) is 1.25. The van der Waals surface area contributed by atoms with Gasteiger partial charge in [-0.2, -0.15) is 0 Å². The molecular formula is C15H21NO5S. The summed E-state index contributed by atoms with van der Waals surface area (Å²) < 4.78 is 23.6. The molecule has 0 saturated carbocycles. The molecule has 1 rings (SSSR count). The van der Waals surface area contributed by atoms with Crippen LogP contribution in [0.2, 0.25) is 0 Å². The van der Waals surface area contributed by atoms with Gasteiger partial charge in [0.15, 0.2) is 9.84 Å². The van der Waals surface area contributed by atoms with Crippen LogP contribution in [0.5, 0.6) is 0 Å². The van der Waals surface area contributed by atoms with E-state index in [1.807, 2.05) is 0 Å². The van der Waals surface area contributed by atoms with Crippen LogP contribution in [0, 0.1) is 5.92 Å². The fourth-order valence-corrected chi connectivity index (χ4v) is 2.89. The van der Waals surface area contributed by atoms with E-state index in [4.69, 9.17) is 5.11 Å². The summed E-state index contributed by atoms with van der Waals surface area (Å²) in [6.45, 7) is 4.95. The molecule has 1 amide bonds. The summed E-state index contributed by atoms with van der Waals surface area (Å²) in [4.78, 5) is 23.2. The van der Waals surface area contributed by atoms with Gasteiger partial charge in [-0.05, 0) is 23.6 Å². The second-order valence-electron chi connectivity index (χ2n) is 5.36. The van der Waals surface area contributed by atoms with Crippen molar-refractivity contribution in [3.63, 3.8) is 0 Å². The van der Waals surface area contributed by atoms with E-state index in [-0.39, 0.29) is 23.0 Å². The Balaban J connectivity index is 2.85. The largest absolute Gasteiger partial charge is 0.480 e. The molecule has 1 aromatic carbocycles. The predicted molar refractivity (Wildman–Crippen MR) is 82.3 cm³/mol. The number of rotatable bonds is 7. The molecular weight excluding hydrogens is 306 g/mol. The number of carboxylic acids is 1. The maximum absolute atomic E-state index is 11.9. The highest BCUT2D eigenvalue weighted by Crippen LogP contribution is 2.14. The van der Waals surface area contributed by atoms with Crippen LogP contribution in [0.25, 0.3) is 0 Å². The molecule has 0 heterocycles. The van der Waals surface area contributed by atoms with E-state index in [0.717, 1.165) is 0 Å². The van der Waals surface area contributed by atoms with Gasteiger partial charge in [0.25, 0.3) is 0 Å². The number of nitrogens with one attached hydrogen (secondary N) is 1. The van der Waals surface area contributed by atoms with Crippen molar-refractivity contribution in [3.05, 3.63) is 29.8 Å². The third-order valence-corrected chi connectivity index (χ3v) is 4.98. The summed E-state index contributed by atoms with van der Waals surface area (Å²) in [5.74, 6) is -1.80. The van der Waals surface area contributed by atoms with Gasteiger partial charge in [0.1, 0.15) is 6.04 Å². The summed E-state index contributed by atoms with van der Waals surface area (Å²) in [7, 11) is -3.33. The average Bonchev–Trinajstić information content (AvgIpc) is 2.44. The molecule has 0 radical (unpaired) electrons. The highest BCUT2D eigenvalue weighted by Gasteiger charge is 2.23. The lowest BCUT2D eigenvalue weighted by Crippen LogP contribution is -2.44. The normalized spacial score (nSPS) is 12.9. The number of carbonyl (C=O) groups excluding carboxylic acids is 1. The molecule has 6 nitrogen and oxygen atoms in total. The van der Waals surface area contributed by atoms with Gasteiger partial charge in [0, 0.05) is 0 Å². The number of aliphatic carboxylic acids is 1. The molecule has 122 valence electrons. The lowest BCUT2D eigenvalue weighted by Gasteiger charge is -2.18. The molecule has 22 heavy (non-hydrogen) atoms. The molecule has 0 aliphatic carbocycles. The SMILES string of the molecule is CCS(=O)(=O)c1cccc(CC(=O)N[C@@H](C(=O)O)C(C)C)c1. The lowest BCUT2D eigenvalue weighted by atomic mass is 10.0. The number of carboxylic acid groups (broad SMARTS) is 1. The van der Waals surface area contributed by atoms with Crippen molar-refractivity contribution < 1.29 is 23.1 Å². The van der Waals surface area contributed by atoms with Gasteiger partial charge in [0.2, 0.25) is 5.91 Å². The Morgan fingerprint density at radius 1 is 1.27 bits per heavy atom. The third kappa shape index (κ3) is 4.84. The highest BCUT2D eigenvalue weighted by molar-refractivity contribution is 7.91. The topological polar surface area (TPSA) is 101 Å². The lowest BCUT2D eigenvalue weighted by molar-refractivity contribution is -0.143. The smallest absolute Gasteiger partial charge is 0.326 e. The van der Waals surface area contributed by atoms with Crippen molar-refractivity contribution in [3.8, 4) is 0 Å². The van der Waals surface area contributed by atoms with E-state index >= 15 is 0 Å². The number of hydrogen-bond donors (Lipinski definition) is 2. The molecule has 0 fully saturated rings. The van der Waals surface area contributed by atoms with Crippen LogP contribution in [0.4, 0.5) is 0 Å². The molecule has 1 aromatic rings. The number of hydrogen-bond acceptors (Lipinski definition) is 4. The highest BCUT2D eigenvalue weighted by atomic mass is 32.2. The molecule has 7 heteroatoms. The Bertz CT molecular complexity index is 652. The van der Waals surface area contributed by atoms with Gasteiger partial charge in [-0.15, -0.1) is 0 Å². The monoisotopic (exact) mass is 327 g/mol. The molecule has 0 unspecified atom stereocenters. The van der Waals surface area contributed by atoms with Gasteiger partial charge in [-0.25, -0.2) is 13.2 Å². The quantitative estimate of drug-likeness (QED) is 0.785. The maximum Gasteiger partial charge on any atom is 0.326 e. The molecule has 0 bridgehead atoms. The Morgan fingerprint density at radius 2 is 1.91 bits per heavy atom. The van der Waals surface area contributed by atoms with Crippen molar-refractivity contribution in [2.24, 2.45) is 5.92 Å². The second-order valence-corrected chi connectivity index (χ2v) is 7.63. The van der Waals surface area contributed by atoms with E-state index < -0.39 is 27.8 Å². The molecule has 0 saturated heterocycles. The summed E-state index contributed by atoms with van der Waals surface area (Å²) in [5, 5.41) is 11.5. The van der Waals surface area contributed by atoms with Crippen molar-refractivity contribution >= 4 is 21.7 Å². The summed E-state index contributed by atoms with van der Waals surface area (Å²) >= 11 is 0.